The van der Waals surface area contributed by atoms with Crippen molar-refractivity contribution in [1.29, 1.82) is 5.26 Å². The topological polar surface area (TPSA) is 119 Å². The Bertz CT molecular complexity index is 1070. The summed E-state index contributed by atoms with van der Waals surface area (Å²) in [7, 11) is -3.92. The number of hydrogen-bond donors (Lipinski definition) is 1. The molecule has 1 aromatic heterocycles. The zero-order valence-corrected chi connectivity index (χ0v) is 26.8. The van der Waals surface area contributed by atoms with Crippen LogP contribution in [-0.2, 0) is 18.2 Å². The first-order valence-electron chi connectivity index (χ1n) is 13.5. The van der Waals surface area contributed by atoms with Gasteiger partial charge in [-0.3, -0.25) is 14.3 Å². The van der Waals surface area contributed by atoms with Crippen LogP contribution < -0.4 is 11.2 Å². The van der Waals surface area contributed by atoms with Crippen LogP contribution in [0, 0.1) is 18.3 Å². The van der Waals surface area contributed by atoms with E-state index in [0.29, 0.717) is 12.0 Å². The van der Waals surface area contributed by atoms with Crippen molar-refractivity contribution in [2.45, 2.75) is 130 Å². The predicted octanol–water partition coefficient (Wildman–Crippen LogP) is 5.20. The molecular weight excluding hydrogens is 523 g/mol. The summed E-state index contributed by atoms with van der Waals surface area (Å²) in [5.74, 6) is 0. The summed E-state index contributed by atoms with van der Waals surface area (Å²) in [5.41, 5.74) is -0.607. The Morgan fingerprint density at radius 3 is 2.32 bits per heavy atom. The highest BCUT2D eigenvalue weighted by Crippen LogP contribution is 2.52. The maximum atomic E-state index is 13.0. The number of aryl methyl sites for hydroxylation is 1. The van der Waals surface area contributed by atoms with Gasteiger partial charge in [-0.1, -0.05) is 27.7 Å². The van der Waals surface area contributed by atoms with Gasteiger partial charge in [0.15, 0.2) is 14.5 Å². The Hall–Kier alpha value is -1.38. The second kappa shape index (κ2) is 13.3. The smallest absolute Gasteiger partial charge is 0.330 e. The molecule has 0 amide bonds. The normalized spacial score (nSPS) is 23.4. The van der Waals surface area contributed by atoms with Gasteiger partial charge in [0.1, 0.15) is 12.2 Å². The molecule has 1 saturated heterocycles. The summed E-state index contributed by atoms with van der Waals surface area (Å²) < 4.78 is 30.0. The molecule has 216 valence electrons. The predicted molar refractivity (Wildman–Crippen MR) is 152 cm³/mol. The number of ether oxygens (including phenoxy) is 1. The minimum atomic E-state index is -2.28. The molecule has 2 heterocycles. The first-order chi connectivity index (χ1) is 17.5. The van der Waals surface area contributed by atoms with E-state index in [1.165, 1.54) is 10.8 Å². The third-order valence-electron chi connectivity index (χ3n) is 7.22. The Morgan fingerprint density at radius 2 is 1.82 bits per heavy atom. The van der Waals surface area contributed by atoms with E-state index in [-0.39, 0.29) is 36.3 Å². The van der Waals surface area contributed by atoms with Crippen molar-refractivity contribution in [2.24, 2.45) is 0 Å². The summed E-state index contributed by atoms with van der Waals surface area (Å²) in [4.78, 5) is 27.5. The fourth-order valence-electron chi connectivity index (χ4n) is 4.21. The highest BCUT2D eigenvalue weighted by atomic mass is 31.2. The zero-order chi connectivity index (χ0) is 29.0. The molecule has 5 atom stereocenters. The molecule has 12 heteroatoms. The minimum absolute atomic E-state index is 0.0602. The van der Waals surface area contributed by atoms with E-state index in [2.05, 4.69) is 77.3 Å². The summed E-state index contributed by atoms with van der Waals surface area (Å²) in [5, 5.41) is 9.06. The average molecular weight is 571 g/mol. The second-order valence-corrected chi connectivity index (χ2v) is 18.1. The van der Waals surface area contributed by atoms with Gasteiger partial charge in [0.25, 0.3) is 14.1 Å². The number of hydrogen-bond acceptors (Lipinski definition) is 8. The van der Waals surface area contributed by atoms with Gasteiger partial charge < -0.3 is 18.2 Å². The van der Waals surface area contributed by atoms with Gasteiger partial charge in [-0.2, -0.15) is 5.26 Å². The third kappa shape index (κ3) is 7.63. The monoisotopic (exact) mass is 570 g/mol. The van der Waals surface area contributed by atoms with Gasteiger partial charge in [-0.15, -0.1) is 0 Å². The standard InChI is InChI=1S/C26H47N4O6PSi/c1-12-20-21(36-38(10,11)26(7,8)9)22(24(34-20)29-16-19(6)23(31)28-25(29)32)35-37(33-15-13-14-27)30(17(2)3)18(4)5/h16-18,20-22,24H,12-13,15H2,1-11H3,(H,28,31,32)/t20-,21?,22+,24-,37?/m1/s1. The van der Waals surface area contributed by atoms with E-state index < -0.39 is 46.5 Å². The summed E-state index contributed by atoms with van der Waals surface area (Å²) in [6.07, 6.45) is 0.0882. The number of aromatic nitrogens is 2. The van der Waals surface area contributed by atoms with Crippen LogP contribution in [0.15, 0.2) is 15.8 Å². The van der Waals surface area contributed by atoms with Gasteiger partial charge in [0, 0.05) is 23.8 Å². The van der Waals surface area contributed by atoms with Crippen molar-refractivity contribution in [1.82, 2.24) is 14.2 Å². The number of H-pyrrole nitrogens is 1. The van der Waals surface area contributed by atoms with Crippen molar-refractivity contribution < 1.29 is 18.2 Å². The van der Waals surface area contributed by atoms with Crippen molar-refractivity contribution in [3.8, 4) is 6.07 Å². The highest BCUT2D eigenvalue weighted by molar-refractivity contribution is 7.44. The Labute approximate surface area is 229 Å². The molecule has 0 radical (unpaired) electrons. The number of nitrogens with zero attached hydrogens (tertiary/aromatic N) is 3. The van der Waals surface area contributed by atoms with Gasteiger partial charge in [-0.05, 0) is 59.2 Å². The Balaban J connectivity index is 2.65. The van der Waals surface area contributed by atoms with Crippen LogP contribution in [0.2, 0.25) is 18.1 Å². The maximum Gasteiger partial charge on any atom is 0.330 e. The van der Waals surface area contributed by atoms with E-state index in [0.717, 1.165) is 0 Å². The molecule has 1 fully saturated rings. The van der Waals surface area contributed by atoms with Crippen molar-refractivity contribution in [3.05, 3.63) is 32.6 Å². The Morgan fingerprint density at radius 1 is 1.21 bits per heavy atom. The molecule has 2 rings (SSSR count). The van der Waals surface area contributed by atoms with E-state index in [9.17, 15) is 9.59 Å². The fraction of sp³-hybridized carbons (Fsp3) is 0.808. The molecule has 0 saturated carbocycles. The first kappa shape index (κ1) is 32.8. The summed E-state index contributed by atoms with van der Waals surface area (Å²) >= 11 is 0. The van der Waals surface area contributed by atoms with Crippen LogP contribution in [0.4, 0.5) is 0 Å². The molecular formula is C26H47N4O6PSi. The molecule has 0 aromatic carbocycles. The highest BCUT2D eigenvalue weighted by Gasteiger charge is 2.52. The summed E-state index contributed by atoms with van der Waals surface area (Å²) in [6.45, 7) is 23.1. The number of nitriles is 1. The number of rotatable bonds is 12. The van der Waals surface area contributed by atoms with Gasteiger partial charge in [0.05, 0.1) is 25.2 Å². The van der Waals surface area contributed by atoms with Crippen molar-refractivity contribution in [2.75, 3.05) is 6.61 Å². The molecule has 38 heavy (non-hydrogen) atoms. The van der Waals surface area contributed by atoms with Crippen LogP contribution in [0.25, 0.3) is 0 Å². The van der Waals surface area contributed by atoms with Crippen LogP contribution in [0.5, 0.6) is 0 Å². The van der Waals surface area contributed by atoms with Crippen LogP contribution in [0.1, 0.15) is 80.0 Å². The lowest BCUT2D eigenvalue weighted by Gasteiger charge is -2.42. The van der Waals surface area contributed by atoms with Crippen LogP contribution in [0.3, 0.4) is 0 Å². The quantitative estimate of drug-likeness (QED) is 0.207. The molecule has 1 N–H and O–H groups in total. The van der Waals surface area contributed by atoms with E-state index in [4.69, 9.17) is 23.5 Å². The molecule has 0 aliphatic carbocycles. The van der Waals surface area contributed by atoms with Gasteiger partial charge >= 0.3 is 5.69 Å². The fourth-order valence-corrected chi connectivity index (χ4v) is 7.26. The number of nitrogens with one attached hydrogen (secondary N) is 1. The molecule has 2 unspecified atom stereocenters. The first-order valence-corrected chi connectivity index (χ1v) is 17.5. The van der Waals surface area contributed by atoms with Gasteiger partial charge in [-0.25, -0.2) is 9.46 Å². The van der Waals surface area contributed by atoms with Crippen LogP contribution in [-0.4, -0.2) is 59.5 Å². The third-order valence-corrected chi connectivity index (χ3v) is 13.8. The second-order valence-electron chi connectivity index (χ2n) is 11.9. The zero-order valence-electron chi connectivity index (χ0n) is 24.9. The molecule has 0 spiro atoms. The van der Waals surface area contributed by atoms with Crippen molar-refractivity contribution >= 4 is 16.8 Å². The van der Waals surface area contributed by atoms with Gasteiger partial charge in [0.2, 0.25) is 0 Å². The number of aromatic amines is 1. The van der Waals surface area contributed by atoms with Crippen LogP contribution >= 0.6 is 8.53 Å². The van der Waals surface area contributed by atoms with E-state index in [1.807, 2.05) is 6.92 Å². The SMILES string of the molecule is CC[C@H]1O[C@@H](n2cc(C)c(=O)[nH]c2=O)[C@@H](OP(OCCC#N)N(C(C)C)C(C)C)C1O[Si](C)(C)C(C)(C)C. The lowest BCUT2D eigenvalue weighted by atomic mass is 10.1. The lowest BCUT2D eigenvalue weighted by Crippen LogP contribution is -2.50. The Kier molecular flexibility index (Phi) is 11.5. The minimum Gasteiger partial charge on any atom is -0.408 e. The van der Waals surface area contributed by atoms with E-state index >= 15 is 0 Å². The maximum absolute atomic E-state index is 13.0. The molecule has 1 aliphatic heterocycles. The molecule has 10 nitrogen and oxygen atoms in total. The average Bonchev–Trinajstić information content (AvgIpc) is 3.11. The van der Waals surface area contributed by atoms with E-state index in [1.54, 1.807) is 6.92 Å². The largest absolute Gasteiger partial charge is 0.408 e. The molecule has 1 aliphatic rings. The lowest BCUT2D eigenvalue weighted by molar-refractivity contribution is -0.0376. The summed E-state index contributed by atoms with van der Waals surface area (Å²) in [6, 6.07) is 2.33. The molecule has 1 aromatic rings. The van der Waals surface area contributed by atoms with Crippen molar-refractivity contribution in [3.63, 3.8) is 0 Å². The molecule has 0 bridgehead atoms.